The number of halogens is 1. The van der Waals surface area contributed by atoms with Gasteiger partial charge in [-0.2, -0.15) is 4.31 Å². The SMILES string of the molecule is CC(C1CC1)N(C)S(=O)(=O)c1cc(CNC2CC2)oc1Br. The largest absolute Gasteiger partial charge is 0.452 e. The quantitative estimate of drug-likeness (QED) is 0.794. The van der Waals surface area contributed by atoms with Crippen molar-refractivity contribution >= 4 is 26.0 Å². The fraction of sp³-hybridized carbons (Fsp3) is 0.714. The summed E-state index contributed by atoms with van der Waals surface area (Å²) in [7, 11) is -1.86. The highest BCUT2D eigenvalue weighted by Gasteiger charge is 2.37. The summed E-state index contributed by atoms with van der Waals surface area (Å²) in [6.07, 6.45) is 4.61. The topological polar surface area (TPSA) is 62.6 Å². The molecule has 1 atom stereocenters. The molecule has 2 saturated carbocycles. The zero-order chi connectivity index (χ0) is 15.2. The number of hydrogen-bond donors (Lipinski definition) is 1. The van der Waals surface area contributed by atoms with Gasteiger partial charge in [0, 0.05) is 25.2 Å². The molecule has 2 aliphatic carbocycles. The Morgan fingerprint density at radius 3 is 2.67 bits per heavy atom. The van der Waals surface area contributed by atoms with Gasteiger partial charge >= 0.3 is 0 Å². The van der Waals surface area contributed by atoms with Crippen LogP contribution >= 0.6 is 15.9 Å². The van der Waals surface area contributed by atoms with Gasteiger partial charge in [-0.15, -0.1) is 0 Å². The second-order valence-corrected chi connectivity index (χ2v) is 8.79. The highest BCUT2D eigenvalue weighted by atomic mass is 79.9. The molecule has 1 aromatic heterocycles. The third kappa shape index (κ3) is 3.36. The van der Waals surface area contributed by atoms with Crippen LogP contribution in [0.25, 0.3) is 0 Å². The summed E-state index contributed by atoms with van der Waals surface area (Å²) in [6, 6.07) is 2.22. The molecule has 0 saturated heterocycles. The van der Waals surface area contributed by atoms with Crippen molar-refractivity contribution in [3.8, 4) is 0 Å². The number of nitrogens with zero attached hydrogens (tertiary/aromatic N) is 1. The van der Waals surface area contributed by atoms with E-state index in [0.29, 0.717) is 28.9 Å². The predicted octanol–water partition coefficient (Wildman–Crippen LogP) is 2.71. The maximum atomic E-state index is 12.7. The van der Waals surface area contributed by atoms with Crippen molar-refractivity contribution in [2.24, 2.45) is 5.92 Å². The lowest BCUT2D eigenvalue weighted by atomic mass is 10.2. The Balaban J connectivity index is 1.76. The van der Waals surface area contributed by atoms with Gasteiger partial charge in [0.05, 0.1) is 6.54 Å². The van der Waals surface area contributed by atoms with Gasteiger partial charge in [-0.3, -0.25) is 0 Å². The van der Waals surface area contributed by atoms with Gasteiger partial charge in [-0.1, -0.05) is 0 Å². The Labute approximate surface area is 134 Å². The van der Waals surface area contributed by atoms with Gasteiger partial charge in [0.15, 0.2) is 4.67 Å². The first-order valence-electron chi connectivity index (χ1n) is 7.39. The summed E-state index contributed by atoms with van der Waals surface area (Å²) in [5, 5.41) is 3.32. The van der Waals surface area contributed by atoms with Crippen LogP contribution in [0.3, 0.4) is 0 Å². The molecule has 0 aliphatic heterocycles. The van der Waals surface area contributed by atoms with Crippen molar-refractivity contribution in [3.05, 3.63) is 16.5 Å². The minimum Gasteiger partial charge on any atom is -0.452 e. The van der Waals surface area contributed by atoms with Crippen LogP contribution in [0.4, 0.5) is 0 Å². The van der Waals surface area contributed by atoms with Crippen molar-refractivity contribution < 1.29 is 12.8 Å². The Morgan fingerprint density at radius 2 is 2.10 bits per heavy atom. The molecule has 118 valence electrons. The molecule has 0 radical (unpaired) electrons. The van der Waals surface area contributed by atoms with E-state index < -0.39 is 10.0 Å². The Morgan fingerprint density at radius 1 is 1.43 bits per heavy atom. The van der Waals surface area contributed by atoms with E-state index in [0.717, 1.165) is 12.8 Å². The normalized spacial score (nSPS) is 21.0. The fourth-order valence-electron chi connectivity index (χ4n) is 2.44. The zero-order valence-electron chi connectivity index (χ0n) is 12.3. The van der Waals surface area contributed by atoms with E-state index in [4.69, 9.17) is 4.42 Å². The molecular formula is C14H21BrN2O3S. The fourth-order valence-corrected chi connectivity index (χ4v) is 4.82. The standard InChI is InChI=1S/C14H21BrN2O3S/c1-9(10-3-4-10)17(2)21(18,19)13-7-12(20-14(13)15)8-16-11-5-6-11/h7,9-11,16H,3-6,8H2,1-2H3. The molecule has 1 unspecified atom stereocenters. The maximum Gasteiger partial charge on any atom is 0.247 e. The molecule has 21 heavy (non-hydrogen) atoms. The molecule has 1 N–H and O–H groups in total. The van der Waals surface area contributed by atoms with Crippen molar-refractivity contribution in [2.75, 3.05) is 7.05 Å². The van der Waals surface area contributed by atoms with Crippen LogP contribution in [0, 0.1) is 5.92 Å². The van der Waals surface area contributed by atoms with Crippen molar-refractivity contribution in [2.45, 2.75) is 56.1 Å². The highest BCUT2D eigenvalue weighted by molar-refractivity contribution is 9.10. The third-order valence-corrected chi connectivity index (χ3v) is 7.18. The summed E-state index contributed by atoms with van der Waals surface area (Å²) in [5.74, 6) is 1.14. The molecule has 0 amide bonds. The lowest BCUT2D eigenvalue weighted by molar-refractivity contribution is 0.356. The smallest absolute Gasteiger partial charge is 0.247 e. The molecule has 7 heteroatoms. The molecule has 2 aliphatic rings. The molecule has 1 aromatic rings. The van der Waals surface area contributed by atoms with E-state index in [9.17, 15) is 8.42 Å². The second-order valence-electron chi connectivity index (χ2n) is 6.11. The van der Waals surface area contributed by atoms with Crippen LogP contribution in [-0.2, 0) is 16.6 Å². The Kier molecular flexibility index (Phi) is 4.20. The predicted molar refractivity (Wildman–Crippen MR) is 83.4 cm³/mol. The van der Waals surface area contributed by atoms with Crippen molar-refractivity contribution in [1.29, 1.82) is 0 Å². The molecule has 0 spiro atoms. The van der Waals surface area contributed by atoms with Gasteiger partial charge in [0.1, 0.15) is 10.7 Å². The lowest BCUT2D eigenvalue weighted by Gasteiger charge is -2.23. The first-order chi connectivity index (χ1) is 9.89. The molecular weight excluding hydrogens is 356 g/mol. The lowest BCUT2D eigenvalue weighted by Crippen LogP contribution is -2.36. The maximum absolute atomic E-state index is 12.7. The van der Waals surface area contributed by atoms with Crippen LogP contribution in [0.1, 0.15) is 38.4 Å². The van der Waals surface area contributed by atoms with Crippen LogP contribution in [-0.4, -0.2) is 31.9 Å². The molecule has 5 nitrogen and oxygen atoms in total. The van der Waals surface area contributed by atoms with E-state index >= 15 is 0 Å². The molecule has 3 rings (SSSR count). The van der Waals surface area contributed by atoms with Gasteiger partial charge in [-0.25, -0.2) is 8.42 Å². The van der Waals surface area contributed by atoms with Crippen LogP contribution < -0.4 is 5.32 Å². The number of furan rings is 1. The first-order valence-corrected chi connectivity index (χ1v) is 9.62. The molecule has 1 heterocycles. The number of rotatable bonds is 7. The number of sulfonamides is 1. The minimum atomic E-state index is -3.51. The van der Waals surface area contributed by atoms with Crippen LogP contribution in [0.2, 0.25) is 0 Å². The highest BCUT2D eigenvalue weighted by Crippen LogP contribution is 2.37. The summed E-state index contributed by atoms with van der Waals surface area (Å²) < 4.78 is 32.7. The minimum absolute atomic E-state index is 0.0323. The van der Waals surface area contributed by atoms with E-state index in [1.807, 2.05) is 6.92 Å². The Bertz CT molecular complexity index is 620. The summed E-state index contributed by atoms with van der Waals surface area (Å²) in [6.45, 7) is 2.54. The summed E-state index contributed by atoms with van der Waals surface area (Å²) in [4.78, 5) is 0.227. The van der Waals surface area contributed by atoms with Gasteiger partial charge < -0.3 is 9.73 Å². The monoisotopic (exact) mass is 376 g/mol. The second kappa shape index (κ2) is 5.68. The van der Waals surface area contributed by atoms with Gasteiger partial charge in [0.2, 0.25) is 10.0 Å². The van der Waals surface area contributed by atoms with E-state index in [2.05, 4.69) is 21.2 Å². The van der Waals surface area contributed by atoms with Crippen molar-refractivity contribution in [1.82, 2.24) is 9.62 Å². The molecule has 0 bridgehead atoms. The van der Waals surface area contributed by atoms with E-state index in [1.54, 1.807) is 13.1 Å². The van der Waals surface area contributed by atoms with Gasteiger partial charge in [0.25, 0.3) is 0 Å². The average molecular weight is 377 g/mol. The van der Waals surface area contributed by atoms with Crippen LogP contribution in [0.15, 0.2) is 20.0 Å². The summed E-state index contributed by atoms with van der Waals surface area (Å²) in [5.41, 5.74) is 0. The third-order valence-electron chi connectivity index (χ3n) is 4.38. The summed E-state index contributed by atoms with van der Waals surface area (Å²) >= 11 is 3.25. The molecule has 0 aromatic carbocycles. The zero-order valence-corrected chi connectivity index (χ0v) is 14.7. The number of hydrogen-bond acceptors (Lipinski definition) is 4. The van der Waals surface area contributed by atoms with E-state index in [1.165, 1.54) is 17.1 Å². The molecule has 2 fully saturated rings. The van der Waals surface area contributed by atoms with Crippen molar-refractivity contribution in [3.63, 3.8) is 0 Å². The first kappa shape index (κ1) is 15.5. The Hall–Kier alpha value is -0.370. The number of nitrogens with one attached hydrogen (secondary N) is 1. The average Bonchev–Trinajstić information content (AvgIpc) is 3.33. The van der Waals surface area contributed by atoms with Gasteiger partial charge in [-0.05, 0) is 54.5 Å². The van der Waals surface area contributed by atoms with E-state index in [-0.39, 0.29) is 10.9 Å². The van der Waals surface area contributed by atoms with Crippen LogP contribution in [0.5, 0.6) is 0 Å².